The fraction of sp³-hybridized carbons (Fsp3) is 0.167. The quantitative estimate of drug-likeness (QED) is 0.860. The summed E-state index contributed by atoms with van der Waals surface area (Å²) in [7, 11) is 1.59. The van der Waals surface area contributed by atoms with Gasteiger partial charge in [0.25, 0.3) is 5.91 Å². The van der Waals surface area contributed by atoms with Gasteiger partial charge in [0.15, 0.2) is 5.69 Å². The minimum absolute atomic E-state index is 0.0391. The average molecular weight is 260 g/mol. The van der Waals surface area contributed by atoms with E-state index in [9.17, 15) is 9.59 Å². The summed E-state index contributed by atoms with van der Waals surface area (Å²) in [6.45, 7) is 1.72. The second kappa shape index (κ2) is 4.89. The van der Waals surface area contributed by atoms with Crippen LogP contribution in [0, 0.1) is 6.92 Å². The van der Waals surface area contributed by atoms with E-state index in [0.29, 0.717) is 5.56 Å². The number of anilines is 1. The van der Waals surface area contributed by atoms with E-state index >= 15 is 0 Å². The second-order valence-corrected chi connectivity index (χ2v) is 3.98. The van der Waals surface area contributed by atoms with Gasteiger partial charge in [-0.3, -0.25) is 4.79 Å². The largest absolute Gasteiger partial charge is 0.478 e. The van der Waals surface area contributed by atoms with E-state index in [1.54, 1.807) is 26.1 Å². The van der Waals surface area contributed by atoms with Crippen LogP contribution in [0.4, 0.5) is 5.69 Å². The lowest BCUT2D eigenvalue weighted by atomic mass is 10.1. The molecule has 2 N–H and O–H groups in total. The van der Waals surface area contributed by atoms with Crippen molar-refractivity contribution in [1.29, 1.82) is 0 Å². The molecule has 1 aromatic heterocycles. The van der Waals surface area contributed by atoms with Gasteiger partial charge >= 0.3 is 5.97 Å². The van der Waals surface area contributed by atoms with E-state index in [1.165, 1.54) is 17.1 Å². The lowest BCUT2D eigenvalue weighted by molar-refractivity contribution is 0.0698. The van der Waals surface area contributed by atoms with Gasteiger partial charge in [0.2, 0.25) is 0 Å². The normalized spacial score (nSPS) is 10.2. The zero-order chi connectivity index (χ0) is 14.0. The molecular weight excluding hydrogens is 248 g/mol. The van der Waals surface area contributed by atoms with Crippen LogP contribution in [-0.4, -0.2) is 32.0 Å². The summed E-state index contributed by atoms with van der Waals surface area (Å²) in [5.74, 6) is -1.59. The summed E-state index contributed by atoms with van der Waals surface area (Å²) in [4.78, 5) is 24.3. The van der Waals surface area contributed by atoms with Crippen LogP contribution in [0.3, 0.4) is 0 Å². The molecule has 1 amide bonds. The number of carboxylic acids is 1. The molecular formula is C12H12N4O3. The van der Waals surface area contributed by atoms with Crippen molar-refractivity contribution in [3.05, 3.63) is 41.2 Å². The molecule has 98 valence electrons. The molecule has 0 aliphatic carbocycles. The molecule has 0 aliphatic heterocycles. The highest BCUT2D eigenvalue weighted by atomic mass is 16.4. The van der Waals surface area contributed by atoms with E-state index in [4.69, 9.17) is 5.11 Å². The molecule has 0 saturated heterocycles. The molecule has 0 saturated carbocycles. The number of benzene rings is 1. The number of rotatable bonds is 3. The van der Waals surface area contributed by atoms with Crippen LogP contribution in [-0.2, 0) is 7.05 Å². The molecule has 2 rings (SSSR count). The molecule has 0 atom stereocenters. The van der Waals surface area contributed by atoms with Crippen LogP contribution >= 0.6 is 0 Å². The highest BCUT2D eigenvalue weighted by Crippen LogP contribution is 2.21. The SMILES string of the molecule is Cc1cccc(C(=O)O)c1NC(=O)c1cnn(C)n1. The number of carboxylic acid groups (broad SMARTS) is 1. The Morgan fingerprint density at radius 3 is 2.68 bits per heavy atom. The number of aromatic nitrogens is 3. The number of aryl methyl sites for hydroxylation is 2. The number of hydrogen-bond acceptors (Lipinski definition) is 4. The van der Waals surface area contributed by atoms with Crippen molar-refractivity contribution in [3.63, 3.8) is 0 Å². The molecule has 0 fully saturated rings. The Morgan fingerprint density at radius 1 is 1.37 bits per heavy atom. The van der Waals surface area contributed by atoms with Gasteiger partial charge in [-0.2, -0.15) is 9.90 Å². The monoisotopic (exact) mass is 260 g/mol. The fourth-order valence-corrected chi connectivity index (χ4v) is 1.64. The van der Waals surface area contributed by atoms with Crippen LogP contribution < -0.4 is 5.32 Å². The highest BCUT2D eigenvalue weighted by Gasteiger charge is 2.16. The zero-order valence-electron chi connectivity index (χ0n) is 10.4. The van der Waals surface area contributed by atoms with E-state index in [-0.39, 0.29) is 16.9 Å². The smallest absolute Gasteiger partial charge is 0.337 e. The Kier molecular flexibility index (Phi) is 3.28. The maximum Gasteiger partial charge on any atom is 0.337 e. The van der Waals surface area contributed by atoms with Gasteiger partial charge in [-0.25, -0.2) is 4.79 Å². The summed E-state index contributed by atoms with van der Waals surface area (Å²) in [6.07, 6.45) is 1.31. The van der Waals surface area contributed by atoms with Crippen molar-refractivity contribution >= 4 is 17.6 Å². The summed E-state index contributed by atoms with van der Waals surface area (Å²) < 4.78 is 0. The van der Waals surface area contributed by atoms with E-state index in [1.807, 2.05) is 0 Å². The lowest BCUT2D eigenvalue weighted by Gasteiger charge is -2.10. The molecule has 7 nitrogen and oxygen atoms in total. The Bertz CT molecular complexity index is 648. The Hall–Kier alpha value is -2.70. The number of nitrogens with zero attached hydrogens (tertiary/aromatic N) is 3. The van der Waals surface area contributed by atoms with Crippen LogP contribution in [0.2, 0.25) is 0 Å². The third kappa shape index (κ3) is 2.59. The number of aromatic carboxylic acids is 1. The lowest BCUT2D eigenvalue weighted by Crippen LogP contribution is -2.16. The molecule has 0 radical (unpaired) electrons. The van der Waals surface area contributed by atoms with E-state index in [2.05, 4.69) is 15.5 Å². The second-order valence-electron chi connectivity index (χ2n) is 3.98. The molecule has 0 bridgehead atoms. The molecule has 7 heteroatoms. The molecule has 1 heterocycles. The van der Waals surface area contributed by atoms with Crippen molar-refractivity contribution in [3.8, 4) is 0 Å². The zero-order valence-corrected chi connectivity index (χ0v) is 10.4. The first-order valence-electron chi connectivity index (χ1n) is 5.49. The summed E-state index contributed by atoms with van der Waals surface area (Å²) >= 11 is 0. The van der Waals surface area contributed by atoms with Gasteiger partial charge in [0, 0.05) is 7.05 Å². The number of para-hydroxylation sites is 1. The van der Waals surface area contributed by atoms with Gasteiger partial charge in [0.1, 0.15) is 0 Å². The third-order valence-corrected chi connectivity index (χ3v) is 2.57. The number of carbonyl (C=O) groups excluding carboxylic acids is 1. The van der Waals surface area contributed by atoms with Crippen LogP contribution in [0.1, 0.15) is 26.4 Å². The van der Waals surface area contributed by atoms with Crippen molar-refractivity contribution in [1.82, 2.24) is 15.0 Å². The first-order chi connectivity index (χ1) is 8.99. The fourth-order valence-electron chi connectivity index (χ4n) is 1.64. The van der Waals surface area contributed by atoms with Crippen LogP contribution in [0.5, 0.6) is 0 Å². The molecule has 2 aromatic rings. The van der Waals surface area contributed by atoms with Crippen molar-refractivity contribution in [2.75, 3.05) is 5.32 Å². The maximum absolute atomic E-state index is 11.9. The first-order valence-corrected chi connectivity index (χ1v) is 5.49. The summed E-state index contributed by atoms with van der Waals surface area (Å²) in [5, 5.41) is 19.3. The predicted molar refractivity (Wildman–Crippen MR) is 67.1 cm³/mol. The number of nitrogens with one attached hydrogen (secondary N) is 1. The number of hydrogen-bond donors (Lipinski definition) is 2. The number of carbonyl (C=O) groups is 2. The average Bonchev–Trinajstić information content (AvgIpc) is 2.78. The highest BCUT2D eigenvalue weighted by molar-refractivity contribution is 6.07. The Balaban J connectivity index is 2.33. The maximum atomic E-state index is 11.9. The molecule has 0 aliphatic rings. The van der Waals surface area contributed by atoms with Gasteiger partial charge < -0.3 is 10.4 Å². The van der Waals surface area contributed by atoms with E-state index in [0.717, 1.165) is 0 Å². The minimum Gasteiger partial charge on any atom is -0.478 e. The van der Waals surface area contributed by atoms with Crippen LogP contribution in [0.15, 0.2) is 24.4 Å². The number of amides is 1. The Labute approximate surface area is 108 Å². The van der Waals surface area contributed by atoms with Crippen molar-refractivity contribution < 1.29 is 14.7 Å². The third-order valence-electron chi connectivity index (χ3n) is 2.57. The molecule has 0 spiro atoms. The van der Waals surface area contributed by atoms with Gasteiger partial charge in [0.05, 0.1) is 17.4 Å². The minimum atomic E-state index is -1.10. The van der Waals surface area contributed by atoms with Gasteiger partial charge in [-0.15, -0.1) is 5.10 Å². The predicted octanol–water partition coefficient (Wildman–Crippen LogP) is 1.07. The topological polar surface area (TPSA) is 97.1 Å². The van der Waals surface area contributed by atoms with Gasteiger partial charge in [-0.1, -0.05) is 12.1 Å². The summed E-state index contributed by atoms with van der Waals surface area (Å²) in [6, 6.07) is 4.77. The van der Waals surface area contributed by atoms with E-state index < -0.39 is 11.9 Å². The van der Waals surface area contributed by atoms with Crippen LogP contribution in [0.25, 0.3) is 0 Å². The van der Waals surface area contributed by atoms with Gasteiger partial charge in [-0.05, 0) is 18.6 Å². The molecule has 19 heavy (non-hydrogen) atoms. The molecule has 0 unspecified atom stereocenters. The van der Waals surface area contributed by atoms with Crippen molar-refractivity contribution in [2.45, 2.75) is 6.92 Å². The Morgan fingerprint density at radius 2 is 2.11 bits per heavy atom. The summed E-state index contributed by atoms with van der Waals surface area (Å²) in [5.41, 5.74) is 1.10. The van der Waals surface area contributed by atoms with Crippen molar-refractivity contribution in [2.24, 2.45) is 7.05 Å². The first kappa shape index (κ1) is 12.7. The molecule has 1 aromatic carbocycles. The standard InChI is InChI=1S/C12H12N4O3/c1-7-4-3-5-8(12(18)19)10(7)14-11(17)9-6-13-16(2)15-9/h3-6H,1-2H3,(H,14,17)(H,18,19).